The fraction of sp³-hybridized carbons (Fsp3) is 0.424. The third-order valence-electron chi connectivity index (χ3n) is 8.65. The number of halogens is 5. The molecule has 3 aromatic carbocycles. The van der Waals surface area contributed by atoms with Gasteiger partial charge >= 0.3 is 0 Å². The first-order valence-corrected chi connectivity index (χ1v) is 15.1. The number of likely N-dealkylation sites (tertiary alicyclic amines) is 1. The van der Waals surface area contributed by atoms with E-state index in [1.807, 2.05) is 24.3 Å². The lowest BCUT2D eigenvalue weighted by Gasteiger charge is -2.41. The Balaban J connectivity index is 1.13. The lowest BCUT2D eigenvalue weighted by molar-refractivity contribution is -0.255. The summed E-state index contributed by atoms with van der Waals surface area (Å²) in [5, 5.41) is 11.7. The number of amides is 1. The predicted octanol–water partition coefficient (Wildman–Crippen LogP) is 5.19. The zero-order chi connectivity index (χ0) is 32.4. The number of hydrogen-bond acceptors (Lipinski definition) is 7. The van der Waals surface area contributed by atoms with Crippen LogP contribution >= 0.6 is 0 Å². The summed E-state index contributed by atoms with van der Waals surface area (Å²) in [5.41, 5.74) is 1.36. The highest BCUT2D eigenvalue weighted by Gasteiger charge is 2.41. The SMILES string of the molecule is O=C(NCc1ccc([C@H]2O[C@@H](CN3CCC4(CC3)OCCO4)C[C@@H](c3ccc(CO)cc3)O2)cc1)c1c(F)c(F)c(F)c(F)c1F. The molecular formula is C33H33F5N2O6. The second-order valence-electron chi connectivity index (χ2n) is 11.6. The minimum atomic E-state index is -2.33. The number of aliphatic hydroxyl groups excluding tert-OH is 1. The van der Waals surface area contributed by atoms with E-state index in [9.17, 15) is 31.9 Å². The number of carbonyl (C=O) groups is 1. The molecule has 3 saturated heterocycles. The molecule has 0 aliphatic carbocycles. The van der Waals surface area contributed by atoms with Gasteiger partial charge in [0.1, 0.15) is 5.56 Å². The normalized spacial score (nSPS) is 23.1. The van der Waals surface area contributed by atoms with Gasteiger partial charge in [-0.1, -0.05) is 48.5 Å². The topological polar surface area (TPSA) is 89.5 Å². The van der Waals surface area contributed by atoms with E-state index in [2.05, 4.69) is 10.2 Å². The third kappa shape index (κ3) is 6.80. The first kappa shape index (κ1) is 32.5. The number of nitrogens with zero attached hydrogens (tertiary/aromatic N) is 1. The molecule has 0 radical (unpaired) electrons. The quantitative estimate of drug-likeness (QED) is 0.198. The van der Waals surface area contributed by atoms with Gasteiger partial charge in [-0.3, -0.25) is 4.79 Å². The first-order chi connectivity index (χ1) is 22.2. The van der Waals surface area contributed by atoms with Crippen LogP contribution in [0.25, 0.3) is 0 Å². The van der Waals surface area contributed by atoms with Gasteiger partial charge < -0.3 is 34.3 Å². The van der Waals surface area contributed by atoms with E-state index in [1.54, 1.807) is 24.3 Å². The zero-order valence-electron chi connectivity index (χ0n) is 24.7. The fourth-order valence-corrected chi connectivity index (χ4v) is 6.05. The summed E-state index contributed by atoms with van der Waals surface area (Å²) in [6.45, 7) is 3.17. The molecule has 3 fully saturated rings. The third-order valence-corrected chi connectivity index (χ3v) is 8.65. The number of hydrogen-bond donors (Lipinski definition) is 2. The molecule has 3 aromatic rings. The molecule has 6 rings (SSSR count). The smallest absolute Gasteiger partial charge is 0.257 e. The average Bonchev–Trinajstić information content (AvgIpc) is 3.54. The monoisotopic (exact) mass is 648 g/mol. The molecule has 3 aliphatic heterocycles. The van der Waals surface area contributed by atoms with Crippen molar-refractivity contribution in [3.05, 3.63) is 105 Å². The van der Waals surface area contributed by atoms with Crippen LogP contribution in [-0.2, 0) is 32.1 Å². The van der Waals surface area contributed by atoms with Gasteiger partial charge in [0.25, 0.3) is 5.91 Å². The second kappa shape index (κ2) is 13.7. The highest BCUT2D eigenvalue weighted by molar-refractivity contribution is 5.94. The second-order valence-corrected chi connectivity index (χ2v) is 11.6. The molecule has 8 nitrogen and oxygen atoms in total. The maximum atomic E-state index is 14.0. The van der Waals surface area contributed by atoms with Gasteiger partial charge in [-0.2, -0.15) is 0 Å². The van der Waals surface area contributed by atoms with Gasteiger partial charge in [-0.25, -0.2) is 22.0 Å². The average molecular weight is 649 g/mol. The maximum absolute atomic E-state index is 14.0. The molecule has 0 saturated carbocycles. The van der Waals surface area contributed by atoms with Crippen LogP contribution in [0.4, 0.5) is 22.0 Å². The summed E-state index contributed by atoms with van der Waals surface area (Å²) in [4.78, 5) is 14.7. The van der Waals surface area contributed by atoms with Crippen molar-refractivity contribution < 1.29 is 50.8 Å². The summed E-state index contributed by atoms with van der Waals surface area (Å²) in [5.74, 6) is -13.0. The number of rotatable bonds is 8. The van der Waals surface area contributed by atoms with E-state index >= 15 is 0 Å². The van der Waals surface area contributed by atoms with Gasteiger partial charge in [0.05, 0.1) is 32.0 Å². The Bertz CT molecular complexity index is 1510. The van der Waals surface area contributed by atoms with Crippen molar-refractivity contribution in [3.63, 3.8) is 0 Å². The number of carbonyl (C=O) groups excluding carboxylic acids is 1. The largest absolute Gasteiger partial charge is 0.392 e. The minimum absolute atomic E-state index is 0.0710. The number of nitrogens with one attached hydrogen (secondary N) is 1. The number of benzene rings is 3. The molecule has 0 unspecified atom stereocenters. The number of aliphatic hydroxyl groups is 1. The zero-order valence-corrected chi connectivity index (χ0v) is 24.7. The number of piperidine rings is 1. The summed E-state index contributed by atoms with van der Waals surface area (Å²) in [7, 11) is 0. The van der Waals surface area contributed by atoms with Gasteiger partial charge in [0, 0.05) is 51.0 Å². The molecule has 1 amide bonds. The van der Waals surface area contributed by atoms with Crippen molar-refractivity contribution in [1.82, 2.24) is 10.2 Å². The van der Waals surface area contributed by atoms with Crippen LogP contribution in [0.3, 0.4) is 0 Å². The van der Waals surface area contributed by atoms with E-state index in [4.69, 9.17) is 18.9 Å². The van der Waals surface area contributed by atoms with Crippen LogP contribution in [0.2, 0.25) is 0 Å². The molecule has 0 aromatic heterocycles. The standard InChI is InChI=1S/C33H33F5N2O6/c34-26-25(27(35)29(37)30(38)28(26)36)31(42)39-16-19-1-7-22(8-2-19)32-45-23(15-24(46-32)21-5-3-20(18-41)4-6-21)17-40-11-9-33(10-12-40)43-13-14-44-33/h1-8,23-24,32,41H,9-18H2,(H,39,42)/t23-,24+,32+/m1/s1. The predicted molar refractivity (Wildman–Crippen MR) is 153 cm³/mol. The molecule has 3 atom stereocenters. The fourth-order valence-electron chi connectivity index (χ4n) is 6.05. The molecule has 0 bridgehead atoms. The van der Waals surface area contributed by atoms with Crippen LogP contribution in [0, 0.1) is 29.1 Å². The van der Waals surface area contributed by atoms with E-state index in [-0.39, 0.29) is 25.4 Å². The highest BCUT2D eigenvalue weighted by atomic mass is 19.2. The lowest BCUT2D eigenvalue weighted by Crippen LogP contribution is -2.48. The Kier molecular flexibility index (Phi) is 9.69. The molecule has 1 spiro atoms. The molecule has 3 aliphatic rings. The Morgan fingerprint density at radius 2 is 1.37 bits per heavy atom. The summed E-state index contributed by atoms with van der Waals surface area (Å²) in [6.07, 6.45) is 0.930. The van der Waals surface area contributed by atoms with Crippen molar-refractivity contribution in [3.8, 4) is 0 Å². The van der Waals surface area contributed by atoms with Crippen molar-refractivity contribution in [2.75, 3.05) is 32.8 Å². The van der Waals surface area contributed by atoms with E-state index in [0.717, 1.165) is 37.1 Å². The Labute approximate surface area is 262 Å². The molecule has 3 heterocycles. The van der Waals surface area contributed by atoms with Crippen molar-refractivity contribution in [1.29, 1.82) is 0 Å². The minimum Gasteiger partial charge on any atom is -0.392 e. The van der Waals surface area contributed by atoms with Crippen molar-refractivity contribution in [2.45, 2.75) is 56.7 Å². The summed E-state index contributed by atoms with van der Waals surface area (Å²) < 4.78 is 93.1. The van der Waals surface area contributed by atoms with Gasteiger partial charge in [-0.15, -0.1) is 0 Å². The molecule has 13 heteroatoms. The Morgan fingerprint density at radius 3 is 1.98 bits per heavy atom. The Hall–Kier alpha value is -3.46. The highest BCUT2D eigenvalue weighted by Crippen LogP contribution is 2.39. The van der Waals surface area contributed by atoms with Crippen LogP contribution in [0.5, 0.6) is 0 Å². The van der Waals surface area contributed by atoms with Crippen LogP contribution in [-0.4, -0.2) is 60.7 Å². The molecule has 246 valence electrons. The van der Waals surface area contributed by atoms with Crippen LogP contribution < -0.4 is 5.32 Å². The van der Waals surface area contributed by atoms with Crippen LogP contribution in [0.1, 0.15) is 64.3 Å². The van der Waals surface area contributed by atoms with Gasteiger partial charge in [0.15, 0.2) is 35.3 Å². The van der Waals surface area contributed by atoms with E-state index in [1.165, 1.54) is 0 Å². The van der Waals surface area contributed by atoms with Crippen molar-refractivity contribution in [2.24, 2.45) is 0 Å². The first-order valence-electron chi connectivity index (χ1n) is 15.1. The molecule has 46 heavy (non-hydrogen) atoms. The van der Waals surface area contributed by atoms with E-state index in [0.29, 0.717) is 37.3 Å². The summed E-state index contributed by atoms with van der Waals surface area (Å²) in [6, 6.07) is 14.3. The lowest BCUT2D eigenvalue weighted by atomic mass is 9.98. The molecular weight excluding hydrogens is 615 g/mol. The van der Waals surface area contributed by atoms with E-state index < -0.39 is 52.6 Å². The van der Waals surface area contributed by atoms with Crippen molar-refractivity contribution >= 4 is 5.91 Å². The summed E-state index contributed by atoms with van der Waals surface area (Å²) >= 11 is 0. The van der Waals surface area contributed by atoms with Gasteiger partial charge in [-0.05, 0) is 16.7 Å². The number of ether oxygens (including phenoxy) is 4. The van der Waals surface area contributed by atoms with Gasteiger partial charge in [0.2, 0.25) is 5.82 Å². The van der Waals surface area contributed by atoms with Crippen LogP contribution in [0.15, 0.2) is 48.5 Å². The maximum Gasteiger partial charge on any atom is 0.257 e. The molecule has 2 N–H and O–H groups in total. The Morgan fingerprint density at radius 1 is 0.804 bits per heavy atom.